The van der Waals surface area contributed by atoms with Crippen LogP contribution in [0.5, 0.6) is 0 Å². The van der Waals surface area contributed by atoms with E-state index in [9.17, 15) is 0 Å². The first kappa shape index (κ1) is 32.1. The summed E-state index contributed by atoms with van der Waals surface area (Å²) in [6.45, 7) is 4.93. The van der Waals surface area contributed by atoms with E-state index in [4.69, 9.17) is 0 Å². The predicted octanol–water partition coefficient (Wildman–Crippen LogP) is 14.3. The highest BCUT2D eigenvalue weighted by atomic mass is 15.1. The smallest absolute Gasteiger partial charge is 0.0508 e. The highest BCUT2D eigenvalue weighted by molar-refractivity contribution is 5.93. The van der Waals surface area contributed by atoms with Crippen LogP contribution >= 0.6 is 0 Å². The van der Waals surface area contributed by atoms with E-state index in [2.05, 4.69) is 146 Å². The summed E-state index contributed by atoms with van der Waals surface area (Å²) in [7, 11) is 0. The SMILES string of the molecule is CC1(C)c2ccccc2-c2cccc(N(c3ccc4c(c3)C3(CC5CCC3C5)c3ccccc3-4)c3ccc4c(c3)C3(c5ccccc5-4)C4CC5CC(C4)CC3C5)c21. The van der Waals surface area contributed by atoms with Crippen molar-refractivity contribution in [3.63, 3.8) is 0 Å². The van der Waals surface area contributed by atoms with Crippen molar-refractivity contribution in [3.8, 4) is 33.4 Å². The number of fused-ring (bicyclic) bond motifs is 14. The lowest BCUT2D eigenvalue weighted by Gasteiger charge is -2.61. The predicted molar refractivity (Wildman–Crippen MR) is 234 cm³/mol. The second-order valence-electron chi connectivity index (χ2n) is 20.5. The highest BCUT2D eigenvalue weighted by Crippen LogP contribution is 2.70. The monoisotopic (exact) mass is 737 g/mol. The van der Waals surface area contributed by atoms with E-state index >= 15 is 0 Å². The van der Waals surface area contributed by atoms with Gasteiger partial charge in [-0.25, -0.2) is 0 Å². The number of hydrogen-bond acceptors (Lipinski definition) is 1. The van der Waals surface area contributed by atoms with Crippen molar-refractivity contribution in [2.75, 3.05) is 4.90 Å². The van der Waals surface area contributed by atoms with Crippen LogP contribution in [0, 0.1) is 35.5 Å². The summed E-state index contributed by atoms with van der Waals surface area (Å²) in [5, 5.41) is 0. The quantitative estimate of drug-likeness (QED) is 0.175. The van der Waals surface area contributed by atoms with Gasteiger partial charge in [0.1, 0.15) is 0 Å². The van der Waals surface area contributed by atoms with Crippen molar-refractivity contribution < 1.29 is 0 Å². The van der Waals surface area contributed by atoms with Gasteiger partial charge in [-0.3, -0.25) is 0 Å². The molecule has 0 aliphatic heterocycles. The molecule has 280 valence electrons. The first-order valence-electron chi connectivity index (χ1n) is 22.5. The van der Waals surface area contributed by atoms with Gasteiger partial charge in [-0.1, -0.05) is 117 Å². The van der Waals surface area contributed by atoms with Crippen molar-refractivity contribution in [2.24, 2.45) is 35.5 Å². The van der Waals surface area contributed by atoms with Gasteiger partial charge in [-0.15, -0.1) is 0 Å². The van der Waals surface area contributed by atoms with Crippen LogP contribution in [0.15, 0.2) is 127 Å². The zero-order valence-corrected chi connectivity index (χ0v) is 33.4. The third-order valence-corrected chi connectivity index (χ3v) is 17.9. The van der Waals surface area contributed by atoms with Crippen molar-refractivity contribution >= 4 is 17.1 Å². The van der Waals surface area contributed by atoms with Crippen LogP contribution < -0.4 is 4.90 Å². The normalized spacial score (nSPS) is 31.7. The van der Waals surface area contributed by atoms with E-state index in [1.807, 2.05) is 0 Å². The fraction of sp³-hybridized carbons (Fsp3) is 0.357. The van der Waals surface area contributed by atoms with E-state index in [-0.39, 0.29) is 16.2 Å². The molecule has 6 saturated carbocycles. The van der Waals surface area contributed by atoms with Gasteiger partial charge in [-0.2, -0.15) is 0 Å². The fourth-order valence-corrected chi connectivity index (χ4v) is 16.2. The van der Waals surface area contributed by atoms with Crippen molar-refractivity contribution in [2.45, 2.75) is 87.9 Å². The summed E-state index contributed by atoms with van der Waals surface area (Å²) < 4.78 is 0. The third-order valence-electron chi connectivity index (χ3n) is 17.9. The standard InChI is InChI=1S/C56H51N/c1-54(2)47-14-6-3-12-43(47)46-13-9-17-52(53(46)54)57(39-20-22-44-41-10-4-7-15-48(41)55(50(44)30-39)32-33-18-19-36(55)25-33)40-21-23-45-42-11-5-8-16-49(42)56(51(45)31-40)37-26-34-24-35(28-37)29-38(56)27-34/h3-17,20-23,30-31,33-38H,18-19,24-29,32H2,1-2H3. The Morgan fingerprint density at radius 2 is 0.982 bits per heavy atom. The van der Waals surface area contributed by atoms with Crippen LogP contribution in [0.3, 0.4) is 0 Å². The van der Waals surface area contributed by atoms with Gasteiger partial charge in [0.05, 0.1) is 5.69 Å². The summed E-state index contributed by atoms with van der Waals surface area (Å²) in [5.41, 5.74) is 22.2. The second kappa shape index (κ2) is 10.8. The Morgan fingerprint density at radius 1 is 0.439 bits per heavy atom. The van der Waals surface area contributed by atoms with Gasteiger partial charge in [0.2, 0.25) is 0 Å². The van der Waals surface area contributed by atoms with Gasteiger partial charge >= 0.3 is 0 Å². The molecule has 6 bridgehead atoms. The molecule has 0 saturated heterocycles. The Bertz CT molecular complexity index is 2700. The van der Waals surface area contributed by atoms with E-state index in [0.29, 0.717) is 0 Å². The zero-order chi connectivity index (χ0) is 37.4. The molecule has 3 unspecified atom stereocenters. The Labute approximate surface area is 338 Å². The maximum Gasteiger partial charge on any atom is 0.0508 e. The molecule has 2 spiro atoms. The molecule has 57 heavy (non-hydrogen) atoms. The molecule has 9 aliphatic rings. The lowest BCUT2D eigenvalue weighted by atomic mass is 9.43. The maximum atomic E-state index is 2.73. The Balaban J connectivity index is 1.02. The summed E-state index contributed by atoms with van der Waals surface area (Å²) >= 11 is 0. The molecule has 3 atom stereocenters. The Kier molecular flexibility index (Phi) is 6.08. The Hall–Kier alpha value is -4.88. The third kappa shape index (κ3) is 3.80. The van der Waals surface area contributed by atoms with Crippen LogP contribution in [-0.4, -0.2) is 0 Å². The van der Waals surface area contributed by atoms with Gasteiger partial charge in [-0.05, 0) is 184 Å². The van der Waals surface area contributed by atoms with Crippen LogP contribution in [0.1, 0.15) is 105 Å². The topological polar surface area (TPSA) is 3.24 Å². The van der Waals surface area contributed by atoms with Crippen LogP contribution in [0.25, 0.3) is 33.4 Å². The first-order valence-corrected chi connectivity index (χ1v) is 22.5. The highest BCUT2D eigenvalue weighted by Gasteiger charge is 2.62. The van der Waals surface area contributed by atoms with Gasteiger partial charge in [0.25, 0.3) is 0 Å². The molecule has 0 amide bonds. The molecule has 0 N–H and O–H groups in total. The lowest BCUT2D eigenvalue weighted by molar-refractivity contribution is -0.0399. The van der Waals surface area contributed by atoms with E-state index in [1.165, 1.54) is 119 Å². The van der Waals surface area contributed by atoms with Crippen LogP contribution in [0.4, 0.5) is 17.1 Å². The van der Waals surface area contributed by atoms with Crippen molar-refractivity contribution in [1.82, 2.24) is 0 Å². The van der Waals surface area contributed by atoms with Gasteiger partial charge in [0, 0.05) is 27.6 Å². The largest absolute Gasteiger partial charge is 0.310 e. The second-order valence-corrected chi connectivity index (χ2v) is 20.5. The zero-order valence-electron chi connectivity index (χ0n) is 33.4. The summed E-state index contributed by atoms with van der Waals surface area (Å²) in [6, 6.07) is 50.9. The number of anilines is 3. The molecule has 9 aliphatic carbocycles. The van der Waals surface area contributed by atoms with Crippen molar-refractivity contribution in [1.29, 1.82) is 0 Å². The molecular weight excluding hydrogens is 687 g/mol. The molecule has 6 aromatic rings. The van der Waals surface area contributed by atoms with Gasteiger partial charge < -0.3 is 4.90 Å². The van der Waals surface area contributed by atoms with E-state index in [0.717, 1.165) is 35.5 Å². The molecule has 0 radical (unpaired) electrons. The van der Waals surface area contributed by atoms with Crippen LogP contribution in [0.2, 0.25) is 0 Å². The molecule has 6 aromatic carbocycles. The van der Waals surface area contributed by atoms with E-state index < -0.39 is 0 Å². The van der Waals surface area contributed by atoms with E-state index in [1.54, 1.807) is 22.3 Å². The minimum atomic E-state index is -0.130. The number of rotatable bonds is 3. The summed E-state index contributed by atoms with van der Waals surface area (Å²) in [6.07, 6.45) is 12.6. The molecule has 0 heterocycles. The Morgan fingerprint density at radius 3 is 1.65 bits per heavy atom. The van der Waals surface area contributed by atoms with Crippen LogP contribution in [-0.2, 0) is 16.2 Å². The molecule has 1 heteroatoms. The fourth-order valence-electron chi connectivity index (χ4n) is 16.2. The average molecular weight is 738 g/mol. The maximum absolute atomic E-state index is 2.73. The molecular formula is C56H51N. The molecule has 0 aromatic heterocycles. The average Bonchev–Trinajstić information content (AvgIpc) is 4.03. The molecule has 6 fully saturated rings. The van der Waals surface area contributed by atoms with Gasteiger partial charge in [0.15, 0.2) is 0 Å². The number of nitrogens with zero attached hydrogens (tertiary/aromatic N) is 1. The number of benzene rings is 6. The minimum absolute atomic E-state index is 0.127. The lowest BCUT2D eigenvalue weighted by Crippen LogP contribution is -2.55. The van der Waals surface area contributed by atoms with Crippen molar-refractivity contribution in [3.05, 3.63) is 161 Å². The number of hydrogen-bond donors (Lipinski definition) is 0. The minimum Gasteiger partial charge on any atom is -0.310 e. The summed E-state index contributed by atoms with van der Waals surface area (Å²) in [5.74, 6) is 4.92. The first-order chi connectivity index (χ1) is 27.9. The summed E-state index contributed by atoms with van der Waals surface area (Å²) in [4.78, 5) is 2.73. The molecule has 1 nitrogen and oxygen atoms in total. The molecule has 15 rings (SSSR count).